The van der Waals surface area contributed by atoms with Crippen LogP contribution in [0.5, 0.6) is 0 Å². The minimum atomic E-state index is -0.273. The van der Waals surface area contributed by atoms with Gasteiger partial charge in [0.2, 0.25) is 0 Å². The van der Waals surface area contributed by atoms with Crippen molar-refractivity contribution in [2.75, 3.05) is 40.8 Å². The Labute approximate surface area is 103 Å². The topological polar surface area (TPSA) is 53.0 Å². The van der Waals surface area contributed by atoms with Crippen LogP contribution in [0, 0.1) is 5.92 Å². The van der Waals surface area contributed by atoms with Crippen molar-refractivity contribution in [2.45, 2.75) is 25.5 Å². The Morgan fingerprint density at radius 1 is 1.59 bits per heavy atom. The molecule has 3 atom stereocenters. The highest BCUT2D eigenvalue weighted by molar-refractivity contribution is 5.72. The van der Waals surface area contributed by atoms with Crippen LogP contribution in [-0.2, 0) is 9.53 Å². The first-order valence-electron chi connectivity index (χ1n) is 6.08. The number of nitrogens with zero attached hydrogens (tertiary/aromatic N) is 2. The highest BCUT2D eigenvalue weighted by Crippen LogP contribution is 2.20. The molecule has 17 heavy (non-hydrogen) atoms. The van der Waals surface area contributed by atoms with Crippen LogP contribution in [-0.4, -0.2) is 73.9 Å². The third-order valence-corrected chi connectivity index (χ3v) is 3.19. The molecule has 0 bridgehead atoms. The summed E-state index contributed by atoms with van der Waals surface area (Å²) in [6.07, 6.45) is 0.510. The molecule has 1 aliphatic rings. The van der Waals surface area contributed by atoms with Gasteiger partial charge >= 0.3 is 5.97 Å². The maximum absolute atomic E-state index is 11.4. The number of likely N-dealkylation sites (N-methyl/N-ethyl adjacent to an activating group) is 1. The number of aliphatic hydroxyl groups excluding tert-OH is 1. The minimum Gasteiger partial charge on any atom is -0.469 e. The van der Waals surface area contributed by atoms with Crippen LogP contribution in [0.1, 0.15) is 13.3 Å². The molecule has 1 rings (SSSR count). The summed E-state index contributed by atoms with van der Waals surface area (Å²) in [5.41, 5.74) is 0. The molecule has 1 heterocycles. The third-order valence-electron chi connectivity index (χ3n) is 3.19. The molecule has 1 fully saturated rings. The first-order chi connectivity index (χ1) is 7.93. The standard InChI is InChI=1S/C12H24N2O3/c1-9(12(16)17-4)6-14-8-11(15)5-10(14)7-13(2)3/h9-11,15H,5-8H2,1-4H3. The summed E-state index contributed by atoms with van der Waals surface area (Å²) in [5.74, 6) is -0.329. The van der Waals surface area contributed by atoms with Gasteiger partial charge in [-0.1, -0.05) is 6.92 Å². The van der Waals surface area contributed by atoms with Crippen molar-refractivity contribution in [3.63, 3.8) is 0 Å². The second-order valence-electron chi connectivity index (χ2n) is 5.18. The zero-order valence-corrected chi connectivity index (χ0v) is 11.2. The lowest BCUT2D eigenvalue weighted by Gasteiger charge is -2.28. The molecule has 1 saturated heterocycles. The van der Waals surface area contributed by atoms with E-state index >= 15 is 0 Å². The van der Waals surface area contributed by atoms with Crippen LogP contribution in [0.3, 0.4) is 0 Å². The van der Waals surface area contributed by atoms with E-state index in [0.29, 0.717) is 19.1 Å². The highest BCUT2D eigenvalue weighted by atomic mass is 16.5. The van der Waals surface area contributed by atoms with Gasteiger partial charge in [0.25, 0.3) is 0 Å². The molecule has 5 nitrogen and oxygen atoms in total. The molecule has 0 aromatic carbocycles. The smallest absolute Gasteiger partial charge is 0.309 e. The SMILES string of the molecule is COC(=O)C(C)CN1CC(O)CC1CN(C)C. The number of carbonyl (C=O) groups excluding carboxylic acids is 1. The molecule has 100 valence electrons. The lowest BCUT2D eigenvalue weighted by Crippen LogP contribution is -2.41. The number of methoxy groups -OCH3 is 1. The van der Waals surface area contributed by atoms with Gasteiger partial charge in [-0.15, -0.1) is 0 Å². The van der Waals surface area contributed by atoms with E-state index in [0.717, 1.165) is 13.0 Å². The Morgan fingerprint density at radius 3 is 2.76 bits per heavy atom. The van der Waals surface area contributed by atoms with E-state index in [1.165, 1.54) is 7.11 Å². The summed E-state index contributed by atoms with van der Waals surface area (Å²) < 4.78 is 4.73. The maximum Gasteiger partial charge on any atom is 0.309 e. The number of hydrogen-bond acceptors (Lipinski definition) is 5. The van der Waals surface area contributed by atoms with Gasteiger partial charge in [-0.3, -0.25) is 9.69 Å². The van der Waals surface area contributed by atoms with Gasteiger partial charge in [0.1, 0.15) is 0 Å². The molecule has 3 unspecified atom stereocenters. The summed E-state index contributed by atoms with van der Waals surface area (Å²) in [7, 11) is 5.45. The third kappa shape index (κ3) is 4.26. The van der Waals surface area contributed by atoms with Gasteiger partial charge in [0.15, 0.2) is 0 Å². The Hall–Kier alpha value is -0.650. The average Bonchev–Trinajstić information content (AvgIpc) is 2.56. The second kappa shape index (κ2) is 6.33. The lowest BCUT2D eigenvalue weighted by molar-refractivity contribution is -0.145. The Morgan fingerprint density at radius 2 is 2.24 bits per heavy atom. The molecular formula is C12H24N2O3. The number of hydrogen-bond donors (Lipinski definition) is 1. The van der Waals surface area contributed by atoms with Crippen molar-refractivity contribution in [3.05, 3.63) is 0 Å². The molecule has 1 aliphatic heterocycles. The Balaban J connectivity index is 2.52. The minimum absolute atomic E-state index is 0.144. The number of likely N-dealkylation sites (tertiary alicyclic amines) is 1. The highest BCUT2D eigenvalue weighted by Gasteiger charge is 2.33. The largest absolute Gasteiger partial charge is 0.469 e. The van der Waals surface area contributed by atoms with E-state index in [4.69, 9.17) is 4.74 Å². The average molecular weight is 244 g/mol. The van der Waals surface area contributed by atoms with E-state index in [1.54, 1.807) is 0 Å². The van der Waals surface area contributed by atoms with E-state index in [-0.39, 0.29) is 18.0 Å². The van der Waals surface area contributed by atoms with E-state index in [2.05, 4.69) is 9.80 Å². The van der Waals surface area contributed by atoms with Crippen LogP contribution in [0.4, 0.5) is 0 Å². The van der Waals surface area contributed by atoms with Crippen molar-refractivity contribution in [3.8, 4) is 0 Å². The lowest BCUT2D eigenvalue weighted by atomic mass is 10.1. The van der Waals surface area contributed by atoms with E-state index < -0.39 is 0 Å². The zero-order valence-electron chi connectivity index (χ0n) is 11.2. The molecule has 0 radical (unpaired) electrons. The van der Waals surface area contributed by atoms with Crippen molar-refractivity contribution in [2.24, 2.45) is 5.92 Å². The first-order valence-corrected chi connectivity index (χ1v) is 6.08. The van der Waals surface area contributed by atoms with E-state index in [1.807, 2.05) is 21.0 Å². The summed E-state index contributed by atoms with van der Waals surface area (Å²) in [6.45, 7) is 4.08. The van der Waals surface area contributed by atoms with Gasteiger partial charge in [0.05, 0.1) is 19.1 Å². The van der Waals surface area contributed by atoms with Crippen LogP contribution >= 0.6 is 0 Å². The fourth-order valence-corrected chi connectivity index (χ4v) is 2.42. The molecule has 0 spiro atoms. The predicted octanol–water partition coefficient (Wildman–Crippen LogP) is -0.208. The number of esters is 1. The molecule has 0 amide bonds. The van der Waals surface area contributed by atoms with Gasteiger partial charge < -0.3 is 14.7 Å². The van der Waals surface area contributed by atoms with Crippen molar-refractivity contribution < 1.29 is 14.6 Å². The molecule has 0 aromatic rings. The fraction of sp³-hybridized carbons (Fsp3) is 0.917. The normalized spacial score (nSPS) is 27.4. The molecular weight excluding hydrogens is 220 g/mol. The maximum atomic E-state index is 11.4. The molecule has 0 aromatic heterocycles. The molecule has 0 aliphatic carbocycles. The Bertz CT molecular complexity index is 258. The van der Waals surface area contributed by atoms with Crippen LogP contribution < -0.4 is 0 Å². The molecule has 1 N–H and O–H groups in total. The van der Waals surface area contributed by atoms with Crippen molar-refractivity contribution >= 4 is 5.97 Å². The molecule has 0 saturated carbocycles. The van der Waals surface area contributed by atoms with Crippen molar-refractivity contribution in [1.82, 2.24) is 9.80 Å². The zero-order chi connectivity index (χ0) is 13.0. The van der Waals surface area contributed by atoms with Gasteiger partial charge in [-0.2, -0.15) is 0 Å². The van der Waals surface area contributed by atoms with Gasteiger partial charge in [-0.25, -0.2) is 0 Å². The number of carbonyl (C=O) groups is 1. The summed E-state index contributed by atoms with van der Waals surface area (Å²) in [5, 5.41) is 9.72. The Kier molecular flexibility index (Phi) is 5.36. The number of β-amino-alcohol motifs (C(OH)–C–C–N with tert-alkyl or cyclic N) is 1. The first kappa shape index (κ1) is 14.4. The van der Waals surface area contributed by atoms with Crippen LogP contribution in [0.2, 0.25) is 0 Å². The van der Waals surface area contributed by atoms with Gasteiger partial charge in [-0.05, 0) is 20.5 Å². The number of aliphatic hydroxyl groups is 1. The summed E-state index contributed by atoms with van der Waals surface area (Å²) in [6, 6.07) is 0.326. The molecule has 5 heteroatoms. The number of rotatable bonds is 5. The number of ether oxygens (including phenoxy) is 1. The summed E-state index contributed by atoms with van der Waals surface area (Å²) in [4.78, 5) is 15.7. The van der Waals surface area contributed by atoms with Crippen LogP contribution in [0.25, 0.3) is 0 Å². The predicted molar refractivity (Wildman–Crippen MR) is 65.7 cm³/mol. The summed E-state index contributed by atoms with van der Waals surface area (Å²) >= 11 is 0. The second-order valence-corrected chi connectivity index (χ2v) is 5.18. The quantitative estimate of drug-likeness (QED) is 0.678. The van der Waals surface area contributed by atoms with Gasteiger partial charge in [0, 0.05) is 25.7 Å². The van der Waals surface area contributed by atoms with Crippen LogP contribution in [0.15, 0.2) is 0 Å². The monoisotopic (exact) mass is 244 g/mol. The van der Waals surface area contributed by atoms with Crippen molar-refractivity contribution in [1.29, 1.82) is 0 Å². The van der Waals surface area contributed by atoms with E-state index in [9.17, 15) is 9.90 Å². The fourth-order valence-electron chi connectivity index (χ4n) is 2.42.